The van der Waals surface area contributed by atoms with Crippen molar-refractivity contribution < 1.29 is 14.0 Å². The molecular weight excluding hydrogens is 367 g/mol. The Morgan fingerprint density at radius 2 is 1.89 bits per heavy atom. The summed E-state index contributed by atoms with van der Waals surface area (Å²) >= 11 is 6.09. The summed E-state index contributed by atoms with van der Waals surface area (Å²) in [7, 11) is 0. The minimum absolute atomic E-state index is 0.0347. The van der Waals surface area contributed by atoms with Crippen molar-refractivity contribution in [1.82, 2.24) is 10.2 Å². The van der Waals surface area contributed by atoms with Crippen molar-refractivity contribution in [2.75, 3.05) is 13.1 Å². The molecule has 1 aliphatic heterocycles. The van der Waals surface area contributed by atoms with Crippen molar-refractivity contribution in [3.05, 3.63) is 34.6 Å². The van der Waals surface area contributed by atoms with E-state index in [2.05, 4.69) is 5.32 Å². The van der Waals surface area contributed by atoms with Gasteiger partial charge < -0.3 is 10.2 Å². The Bertz CT molecular complexity index is 683. The largest absolute Gasteiger partial charge is 0.349 e. The van der Waals surface area contributed by atoms with E-state index in [1.807, 2.05) is 4.90 Å². The second kappa shape index (κ2) is 9.05. The Balaban J connectivity index is 1.65. The second-order valence-electron chi connectivity index (χ2n) is 7.91. The van der Waals surface area contributed by atoms with Crippen LogP contribution in [0.2, 0.25) is 5.02 Å². The van der Waals surface area contributed by atoms with Gasteiger partial charge in [0.2, 0.25) is 11.8 Å². The van der Waals surface area contributed by atoms with E-state index in [1.165, 1.54) is 12.1 Å². The van der Waals surface area contributed by atoms with Crippen LogP contribution < -0.4 is 5.32 Å². The van der Waals surface area contributed by atoms with E-state index in [1.54, 1.807) is 13.0 Å². The molecular formula is C21H28ClFN2O2. The van der Waals surface area contributed by atoms with Gasteiger partial charge in [-0.1, -0.05) is 24.4 Å². The van der Waals surface area contributed by atoms with Gasteiger partial charge in [-0.25, -0.2) is 4.39 Å². The van der Waals surface area contributed by atoms with Gasteiger partial charge in [0, 0.05) is 37.0 Å². The van der Waals surface area contributed by atoms with Crippen LogP contribution >= 0.6 is 11.6 Å². The summed E-state index contributed by atoms with van der Waals surface area (Å²) in [5, 5.41) is 3.59. The Morgan fingerprint density at radius 3 is 2.52 bits per heavy atom. The number of nitrogens with one attached hydrogen (secondary N) is 1. The molecule has 1 saturated heterocycles. The fourth-order valence-corrected chi connectivity index (χ4v) is 4.62. The van der Waals surface area contributed by atoms with Gasteiger partial charge in [0.15, 0.2) is 0 Å². The number of hydrogen-bond acceptors (Lipinski definition) is 2. The lowest BCUT2D eigenvalue weighted by atomic mass is 9.89. The van der Waals surface area contributed by atoms with Crippen LogP contribution in [-0.2, 0) is 9.59 Å². The third-order valence-corrected chi connectivity index (χ3v) is 6.25. The summed E-state index contributed by atoms with van der Waals surface area (Å²) in [5.41, 5.74) is 0.495. The van der Waals surface area contributed by atoms with Gasteiger partial charge in [0.05, 0.1) is 6.04 Å². The van der Waals surface area contributed by atoms with Gasteiger partial charge in [-0.3, -0.25) is 9.59 Å². The molecule has 1 heterocycles. The normalized spacial score (nSPS) is 19.9. The first kappa shape index (κ1) is 20.1. The molecule has 27 heavy (non-hydrogen) atoms. The summed E-state index contributed by atoms with van der Waals surface area (Å²) in [6.45, 7) is 3.00. The van der Waals surface area contributed by atoms with Crippen LogP contribution in [0.1, 0.15) is 63.5 Å². The zero-order valence-electron chi connectivity index (χ0n) is 15.8. The van der Waals surface area contributed by atoms with E-state index in [4.69, 9.17) is 11.6 Å². The number of rotatable bonds is 5. The zero-order chi connectivity index (χ0) is 19.4. The smallest absolute Gasteiger partial charge is 0.220 e. The molecule has 1 atom stereocenters. The molecule has 1 aromatic rings. The van der Waals surface area contributed by atoms with Crippen LogP contribution in [0.4, 0.5) is 4.39 Å². The molecule has 6 heteroatoms. The third kappa shape index (κ3) is 5.22. The number of hydrogen-bond donors (Lipinski definition) is 1. The molecule has 0 spiro atoms. The highest BCUT2D eigenvalue weighted by Gasteiger charge is 2.31. The Morgan fingerprint density at radius 1 is 1.22 bits per heavy atom. The SMILES string of the molecule is CC(=O)N1CCC(CC(=O)NC(c2cc(Cl)ccc2F)C2CCCC2)CC1. The Labute approximate surface area is 165 Å². The van der Waals surface area contributed by atoms with E-state index in [9.17, 15) is 14.0 Å². The molecule has 1 saturated carbocycles. The number of carbonyl (C=O) groups is 2. The van der Waals surface area contributed by atoms with Crippen LogP contribution in [0.15, 0.2) is 18.2 Å². The van der Waals surface area contributed by atoms with Crippen molar-refractivity contribution >= 4 is 23.4 Å². The molecule has 148 valence electrons. The monoisotopic (exact) mass is 394 g/mol. The van der Waals surface area contributed by atoms with Gasteiger partial charge in [-0.2, -0.15) is 0 Å². The molecule has 1 N–H and O–H groups in total. The van der Waals surface area contributed by atoms with E-state index in [-0.39, 0.29) is 35.5 Å². The van der Waals surface area contributed by atoms with Crippen LogP contribution in [0.25, 0.3) is 0 Å². The molecule has 0 aromatic heterocycles. The molecule has 3 rings (SSSR count). The average Bonchev–Trinajstić information content (AvgIpc) is 3.17. The lowest BCUT2D eigenvalue weighted by Crippen LogP contribution is -2.39. The van der Waals surface area contributed by atoms with Gasteiger partial charge in [0.1, 0.15) is 5.82 Å². The highest BCUT2D eigenvalue weighted by Crippen LogP contribution is 2.37. The number of carbonyl (C=O) groups excluding carboxylic acids is 2. The lowest BCUT2D eigenvalue weighted by molar-refractivity contribution is -0.130. The first-order chi connectivity index (χ1) is 12.9. The summed E-state index contributed by atoms with van der Waals surface area (Å²) < 4.78 is 14.5. The fourth-order valence-electron chi connectivity index (χ4n) is 4.44. The molecule has 2 amide bonds. The van der Waals surface area contributed by atoms with Crippen molar-refractivity contribution in [1.29, 1.82) is 0 Å². The van der Waals surface area contributed by atoms with E-state index in [0.29, 0.717) is 30.1 Å². The summed E-state index contributed by atoms with van der Waals surface area (Å²) in [4.78, 5) is 26.0. The first-order valence-electron chi connectivity index (χ1n) is 9.94. The first-order valence-corrected chi connectivity index (χ1v) is 10.3. The van der Waals surface area contributed by atoms with Crippen LogP contribution in [-0.4, -0.2) is 29.8 Å². The molecule has 2 aliphatic rings. The van der Waals surface area contributed by atoms with Crippen molar-refractivity contribution in [3.63, 3.8) is 0 Å². The van der Waals surface area contributed by atoms with Crippen molar-refractivity contribution in [2.45, 2.75) is 57.9 Å². The number of nitrogens with zero attached hydrogens (tertiary/aromatic N) is 1. The highest BCUT2D eigenvalue weighted by molar-refractivity contribution is 6.30. The van der Waals surface area contributed by atoms with Gasteiger partial charge >= 0.3 is 0 Å². The molecule has 0 bridgehead atoms. The van der Waals surface area contributed by atoms with Crippen molar-refractivity contribution in [2.24, 2.45) is 11.8 Å². The molecule has 2 fully saturated rings. The number of halogens is 2. The van der Waals surface area contributed by atoms with Gasteiger partial charge in [-0.15, -0.1) is 0 Å². The number of likely N-dealkylation sites (tertiary alicyclic amines) is 1. The maximum Gasteiger partial charge on any atom is 0.220 e. The fraction of sp³-hybridized carbons (Fsp3) is 0.619. The predicted octanol–water partition coefficient (Wildman–Crippen LogP) is 4.48. The summed E-state index contributed by atoms with van der Waals surface area (Å²) in [6.07, 6.45) is 6.32. The van der Waals surface area contributed by atoms with Crippen molar-refractivity contribution in [3.8, 4) is 0 Å². The average molecular weight is 395 g/mol. The number of amides is 2. The quantitative estimate of drug-likeness (QED) is 0.800. The van der Waals surface area contributed by atoms with E-state index < -0.39 is 0 Å². The van der Waals surface area contributed by atoms with Crippen LogP contribution in [0, 0.1) is 17.7 Å². The van der Waals surface area contributed by atoms with Gasteiger partial charge in [0.25, 0.3) is 0 Å². The zero-order valence-corrected chi connectivity index (χ0v) is 16.6. The highest BCUT2D eigenvalue weighted by atomic mass is 35.5. The predicted molar refractivity (Wildman–Crippen MR) is 104 cm³/mol. The molecule has 0 radical (unpaired) electrons. The lowest BCUT2D eigenvalue weighted by Gasteiger charge is -2.32. The summed E-state index contributed by atoms with van der Waals surface area (Å²) in [5.74, 6) is 0.269. The second-order valence-corrected chi connectivity index (χ2v) is 8.35. The third-order valence-electron chi connectivity index (χ3n) is 6.01. The molecule has 1 unspecified atom stereocenters. The van der Waals surface area contributed by atoms with Gasteiger partial charge in [-0.05, 0) is 55.7 Å². The van der Waals surface area contributed by atoms with E-state index in [0.717, 1.165) is 38.5 Å². The molecule has 1 aliphatic carbocycles. The van der Waals surface area contributed by atoms with Crippen LogP contribution in [0.5, 0.6) is 0 Å². The maximum atomic E-state index is 14.5. The Kier molecular flexibility index (Phi) is 6.74. The molecule has 1 aromatic carbocycles. The number of benzene rings is 1. The van der Waals surface area contributed by atoms with E-state index >= 15 is 0 Å². The summed E-state index contributed by atoms with van der Waals surface area (Å²) in [6, 6.07) is 4.24. The minimum atomic E-state index is -0.323. The Hall–Kier alpha value is -1.62. The standard InChI is InChI=1S/C21H28ClFN2O2/c1-14(26)25-10-8-15(9-11-25)12-20(27)24-21(16-4-2-3-5-16)18-13-17(22)6-7-19(18)23/h6-7,13,15-16,21H,2-5,8-12H2,1H3,(H,24,27). The van der Waals surface area contributed by atoms with Crippen LogP contribution in [0.3, 0.4) is 0 Å². The molecule has 4 nitrogen and oxygen atoms in total. The topological polar surface area (TPSA) is 49.4 Å². The maximum absolute atomic E-state index is 14.5. The minimum Gasteiger partial charge on any atom is -0.349 e. The number of piperidine rings is 1.